The van der Waals surface area contributed by atoms with Crippen LogP contribution in [0.15, 0.2) is 4.99 Å². The topological polar surface area (TPSA) is 45.7 Å². The molecule has 0 aromatic heterocycles. The maximum absolute atomic E-state index is 5.28. The Kier molecular flexibility index (Phi) is 5.84. The molecule has 3 atom stereocenters. The lowest BCUT2D eigenvalue weighted by Crippen LogP contribution is -2.47. The molecule has 4 nitrogen and oxygen atoms in total. The van der Waals surface area contributed by atoms with E-state index in [1.807, 2.05) is 7.05 Å². The molecule has 2 N–H and O–H groups in total. The Morgan fingerprint density at radius 1 is 1.22 bits per heavy atom. The minimum atomic E-state index is 0.443. The summed E-state index contributed by atoms with van der Waals surface area (Å²) in [6, 6.07) is 0. The van der Waals surface area contributed by atoms with Crippen molar-refractivity contribution >= 4 is 5.96 Å². The maximum Gasteiger partial charge on any atom is 0.190 e. The molecule has 3 rings (SSSR count). The predicted octanol–water partition coefficient (Wildman–Crippen LogP) is 3.18. The van der Waals surface area contributed by atoms with E-state index in [2.05, 4.69) is 15.6 Å². The van der Waals surface area contributed by atoms with E-state index in [-0.39, 0.29) is 0 Å². The summed E-state index contributed by atoms with van der Waals surface area (Å²) < 4.78 is 5.28. The van der Waals surface area contributed by atoms with E-state index in [9.17, 15) is 0 Å². The normalized spacial score (nSPS) is 31.9. The van der Waals surface area contributed by atoms with Crippen LogP contribution in [0.2, 0.25) is 0 Å². The first kappa shape index (κ1) is 17.1. The average molecular weight is 322 g/mol. The van der Waals surface area contributed by atoms with Crippen molar-refractivity contribution in [3.63, 3.8) is 0 Å². The van der Waals surface area contributed by atoms with Gasteiger partial charge in [0.25, 0.3) is 0 Å². The summed E-state index contributed by atoms with van der Waals surface area (Å²) >= 11 is 0. The van der Waals surface area contributed by atoms with Gasteiger partial charge in [-0.1, -0.05) is 12.8 Å². The summed E-state index contributed by atoms with van der Waals surface area (Å²) in [7, 11) is 3.69. The van der Waals surface area contributed by atoms with Gasteiger partial charge < -0.3 is 15.4 Å². The molecule has 3 unspecified atom stereocenters. The smallest absolute Gasteiger partial charge is 0.190 e. The van der Waals surface area contributed by atoms with Crippen LogP contribution < -0.4 is 10.6 Å². The lowest BCUT2D eigenvalue weighted by molar-refractivity contribution is 0.0732. The molecule has 132 valence electrons. The monoisotopic (exact) mass is 321 g/mol. The van der Waals surface area contributed by atoms with Crippen molar-refractivity contribution in [1.29, 1.82) is 0 Å². The maximum atomic E-state index is 5.28. The summed E-state index contributed by atoms with van der Waals surface area (Å²) in [4.78, 5) is 4.41. The highest BCUT2D eigenvalue weighted by Crippen LogP contribution is 2.49. The lowest BCUT2D eigenvalue weighted by Gasteiger charge is -2.42. The third-order valence-corrected chi connectivity index (χ3v) is 6.80. The summed E-state index contributed by atoms with van der Waals surface area (Å²) in [6.45, 7) is 2.97. The van der Waals surface area contributed by atoms with Gasteiger partial charge in [-0.3, -0.25) is 4.99 Å². The molecule has 0 spiro atoms. The summed E-state index contributed by atoms with van der Waals surface area (Å²) in [6.07, 6.45) is 12.5. The number of ether oxygens (including phenoxy) is 1. The predicted molar refractivity (Wildman–Crippen MR) is 95.7 cm³/mol. The van der Waals surface area contributed by atoms with Gasteiger partial charge in [-0.2, -0.15) is 0 Å². The Hall–Kier alpha value is -0.770. The second-order valence-corrected chi connectivity index (χ2v) is 8.17. The Morgan fingerprint density at radius 2 is 2.09 bits per heavy atom. The number of methoxy groups -OCH3 is 1. The number of hydrogen-bond acceptors (Lipinski definition) is 2. The summed E-state index contributed by atoms with van der Waals surface area (Å²) in [5, 5.41) is 7.10. The molecular weight excluding hydrogens is 286 g/mol. The first-order valence-corrected chi connectivity index (χ1v) is 9.68. The van der Waals surface area contributed by atoms with Crippen molar-refractivity contribution in [1.82, 2.24) is 10.6 Å². The van der Waals surface area contributed by atoms with Crippen LogP contribution in [0.4, 0.5) is 0 Å². The van der Waals surface area contributed by atoms with Gasteiger partial charge in [-0.05, 0) is 68.1 Å². The van der Waals surface area contributed by atoms with E-state index in [0.717, 1.165) is 43.4 Å². The van der Waals surface area contributed by atoms with Crippen LogP contribution >= 0.6 is 0 Å². The minimum Gasteiger partial charge on any atom is -0.385 e. The molecule has 3 fully saturated rings. The van der Waals surface area contributed by atoms with Gasteiger partial charge in [0.2, 0.25) is 0 Å². The zero-order valence-electron chi connectivity index (χ0n) is 15.1. The van der Waals surface area contributed by atoms with Crippen LogP contribution in [-0.4, -0.2) is 39.8 Å². The molecular formula is C19H35N3O. The quantitative estimate of drug-likeness (QED) is 0.533. The Morgan fingerprint density at radius 3 is 2.65 bits per heavy atom. The average Bonchev–Trinajstić information content (AvgIpc) is 3.14. The van der Waals surface area contributed by atoms with Gasteiger partial charge in [0.15, 0.2) is 5.96 Å². The number of hydrogen-bond donors (Lipinski definition) is 2. The fourth-order valence-electron chi connectivity index (χ4n) is 5.11. The minimum absolute atomic E-state index is 0.443. The highest BCUT2D eigenvalue weighted by atomic mass is 16.5. The molecule has 2 bridgehead atoms. The standard InChI is InChI=1S/C19H35N3O/c1-20-18(22-14-19(7-3-8-19)9-11-23-2)21-10-6-17-13-15-4-5-16(17)12-15/h15-17H,3-14H2,1-2H3,(H2,20,21,22). The molecule has 0 aliphatic heterocycles. The summed E-state index contributed by atoms with van der Waals surface area (Å²) in [5.41, 5.74) is 0.443. The van der Waals surface area contributed by atoms with E-state index < -0.39 is 0 Å². The van der Waals surface area contributed by atoms with Crippen LogP contribution in [0.3, 0.4) is 0 Å². The highest BCUT2D eigenvalue weighted by molar-refractivity contribution is 5.79. The van der Waals surface area contributed by atoms with Crippen molar-refractivity contribution in [3.05, 3.63) is 0 Å². The third-order valence-electron chi connectivity index (χ3n) is 6.80. The van der Waals surface area contributed by atoms with Crippen LogP contribution in [-0.2, 0) is 4.74 Å². The summed E-state index contributed by atoms with van der Waals surface area (Å²) in [5.74, 6) is 4.04. The zero-order valence-corrected chi connectivity index (χ0v) is 15.1. The van der Waals surface area contributed by atoms with Crippen molar-refractivity contribution in [2.45, 2.75) is 57.8 Å². The van der Waals surface area contributed by atoms with E-state index >= 15 is 0 Å². The molecule has 4 heteroatoms. The highest BCUT2D eigenvalue weighted by Gasteiger charge is 2.39. The number of fused-ring (bicyclic) bond motifs is 2. The molecule has 0 aromatic carbocycles. The van der Waals surface area contributed by atoms with Gasteiger partial charge in [-0.15, -0.1) is 0 Å². The molecule has 3 aliphatic carbocycles. The fraction of sp³-hybridized carbons (Fsp3) is 0.947. The van der Waals surface area contributed by atoms with Gasteiger partial charge in [0.1, 0.15) is 0 Å². The largest absolute Gasteiger partial charge is 0.385 e. The number of aliphatic imine (C=N–C) groups is 1. The zero-order chi connectivity index (χ0) is 16.1. The van der Waals surface area contributed by atoms with E-state index in [4.69, 9.17) is 4.74 Å². The second kappa shape index (κ2) is 7.87. The van der Waals surface area contributed by atoms with E-state index in [0.29, 0.717) is 5.41 Å². The van der Waals surface area contributed by atoms with E-state index in [1.54, 1.807) is 7.11 Å². The first-order chi connectivity index (χ1) is 11.2. The number of nitrogens with one attached hydrogen (secondary N) is 2. The second-order valence-electron chi connectivity index (χ2n) is 8.17. The van der Waals surface area contributed by atoms with Crippen LogP contribution in [0.5, 0.6) is 0 Å². The van der Waals surface area contributed by atoms with Gasteiger partial charge >= 0.3 is 0 Å². The van der Waals surface area contributed by atoms with Crippen molar-refractivity contribution < 1.29 is 4.74 Å². The van der Waals surface area contributed by atoms with E-state index in [1.165, 1.54) is 57.8 Å². The van der Waals surface area contributed by atoms with Crippen molar-refractivity contribution in [2.24, 2.45) is 28.2 Å². The fourth-order valence-corrected chi connectivity index (χ4v) is 5.11. The van der Waals surface area contributed by atoms with Crippen LogP contribution in [0, 0.1) is 23.2 Å². The van der Waals surface area contributed by atoms with Crippen molar-refractivity contribution in [3.8, 4) is 0 Å². The molecule has 0 aromatic rings. The molecule has 3 aliphatic rings. The van der Waals surface area contributed by atoms with Gasteiger partial charge in [0.05, 0.1) is 0 Å². The Labute approximate surface area is 141 Å². The molecule has 0 radical (unpaired) electrons. The third kappa shape index (κ3) is 4.20. The van der Waals surface area contributed by atoms with Gasteiger partial charge in [0, 0.05) is 33.9 Å². The van der Waals surface area contributed by atoms with Crippen LogP contribution in [0.1, 0.15) is 57.8 Å². The van der Waals surface area contributed by atoms with Crippen LogP contribution in [0.25, 0.3) is 0 Å². The van der Waals surface area contributed by atoms with Gasteiger partial charge in [-0.25, -0.2) is 0 Å². The number of nitrogens with zero attached hydrogens (tertiary/aromatic N) is 1. The number of guanidine groups is 1. The number of rotatable bonds is 8. The Balaban J connectivity index is 1.35. The SMILES string of the molecule is CN=C(NCCC1CC2CCC1C2)NCC1(CCOC)CCC1. The molecule has 0 saturated heterocycles. The first-order valence-electron chi connectivity index (χ1n) is 9.68. The Bertz CT molecular complexity index is 405. The molecule has 0 heterocycles. The molecule has 0 amide bonds. The molecule has 23 heavy (non-hydrogen) atoms. The van der Waals surface area contributed by atoms with Crippen molar-refractivity contribution in [2.75, 3.05) is 33.9 Å². The lowest BCUT2D eigenvalue weighted by atomic mass is 9.67. The molecule has 3 saturated carbocycles.